The molecule has 0 fully saturated rings. The predicted octanol–water partition coefficient (Wildman–Crippen LogP) is 2.01. The summed E-state index contributed by atoms with van der Waals surface area (Å²) >= 11 is 1.45. The zero-order chi connectivity index (χ0) is 13.1. The Hall–Kier alpha value is -1.49. The first-order valence-electron chi connectivity index (χ1n) is 5.92. The van der Waals surface area contributed by atoms with E-state index in [0.29, 0.717) is 0 Å². The van der Waals surface area contributed by atoms with Crippen molar-refractivity contribution in [3.05, 3.63) is 24.3 Å². The lowest BCUT2D eigenvalue weighted by atomic mass is 10.2. The average Bonchev–Trinajstić information content (AvgIpc) is 2.29. The Kier molecular flexibility index (Phi) is 3.91. The Morgan fingerprint density at radius 3 is 2.89 bits per heavy atom. The molecule has 1 aromatic carbocycles. The zero-order valence-electron chi connectivity index (χ0n) is 10.4. The SMILES string of the molecule is CC(C)NC(=O)C[C@@H]1Sc2ccccc2NC1=O. The summed E-state index contributed by atoms with van der Waals surface area (Å²) in [6, 6.07) is 7.72. The number of rotatable bonds is 3. The van der Waals surface area contributed by atoms with Crippen LogP contribution in [0.3, 0.4) is 0 Å². The summed E-state index contributed by atoms with van der Waals surface area (Å²) < 4.78 is 0. The average molecular weight is 264 g/mol. The molecule has 96 valence electrons. The number of benzene rings is 1. The second-order valence-corrected chi connectivity index (χ2v) is 5.76. The van der Waals surface area contributed by atoms with Gasteiger partial charge < -0.3 is 10.6 Å². The minimum absolute atomic E-state index is 0.0861. The fourth-order valence-electron chi connectivity index (χ4n) is 1.78. The van der Waals surface area contributed by atoms with E-state index in [1.54, 1.807) is 0 Å². The third-order valence-electron chi connectivity index (χ3n) is 2.53. The van der Waals surface area contributed by atoms with Gasteiger partial charge in [-0.2, -0.15) is 0 Å². The number of nitrogens with one attached hydrogen (secondary N) is 2. The van der Waals surface area contributed by atoms with Gasteiger partial charge in [-0.1, -0.05) is 12.1 Å². The highest BCUT2D eigenvalue weighted by Gasteiger charge is 2.28. The van der Waals surface area contributed by atoms with Gasteiger partial charge in [-0.3, -0.25) is 9.59 Å². The number of thioether (sulfide) groups is 1. The molecule has 0 aromatic heterocycles. The van der Waals surface area contributed by atoms with Gasteiger partial charge >= 0.3 is 0 Å². The van der Waals surface area contributed by atoms with Crippen LogP contribution in [0.1, 0.15) is 20.3 Å². The van der Waals surface area contributed by atoms with Crippen molar-refractivity contribution in [2.75, 3.05) is 5.32 Å². The first-order valence-corrected chi connectivity index (χ1v) is 6.80. The maximum atomic E-state index is 11.9. The second kappa shape index (κ2) is 5.44. The quantitative estimate of drug-likeness (QED) is 0.878. The van der Waals surface area contributed by atoms with Crippen molar-refractivity contribution >= 4 is 29.3 Å². The van der Waals surface area contributed by atoms with Gasteiger partial charge in [-0.15, -0.1) is 11.8 Å². The number of para-hydroxylation sites is 1. The molecule has 0 saturated heterocycles. The Labute approximate surface area is 111 Å². The van der Waals surface area contributed by atoms with Crippen LogP contribution in [0.15, 0.2) is 29.2 Å². The van der Waals surface area contributed by atoms with Crippen molar-refractivity contribution < 1.29 is 9.59 Å². The van der Waals surface area contributed by atoms with Crippen LogP contribution in [0.2, 0.25) is 0 Å². The fraction of sp³-hybridized carbons (Fsp3) is 0.385. The smallest absolute Gasteiger partial charge is 0.238 e. The molecular formula is C13H16N2O2S. The molecule has 0 spiro atoms. The van der Waals surface area contributed by atoms with Crippen LogP contribution in [0.4, 0.5) is 5.69 Å². The summed E-state index contributed by atoms with van der Waals surface area (Å²) in [6.07, 6.45) is 0.211. The van der Waals surface area contributed by atoms with Crippen molar-refractivity contribution in [2.45, 2.75) is 36.5 Å². The normalized spacial score (nSPS) is 18.2. The van der Waals surface area contributed by atoms with Gasteiger partial charge in [0.25, 0.3) is 0 Å². The lowest BCUT2D eigenvalue weighted by Gasteiger charge is -2.23. The van der Waals surface area contributed by atoms with Crippen molar-refractivity contribution in [1.29, 1.82) is 0 Å². The maximum absolute atomic E-state index is 11.9. The minimum atomic E-state index is -0.348. The lowest BCUT2D eigenvalue weighted by molar-refractivity contribution is -0.124. The van der Waals surface area contributed by atoms with Crippen molar-refractivity contribution in [3.63, 3.8) is 0 Å². The third kappa shape index (κ3) is 3.04. The molecule has 2 amide bonds. The number of hydrogen-bond acceptors (Lipinski definition) is 3. The summed E-state index contributed by atoms with van der Waals surface area (Å²) in [5.74, 6) is -0.186. The molecule has 0 radical (unpaired) electrons. The van der Waals surface area contributed by atoms with Crippen molar-refractivity contribution in [2.24, 2.45) is 0 Å². The number of amides is 2. The molecule has 5 heteroatoms. The van der Waals surface area contributed by atoms with E-state index in [-0.39, 0.29) is 29.5 Å². The van der Waals surface area contributed by atoms with Crippen LogP contribution in [0, 0.1) is 0 Å². The molecule has 1 heterocycles. The standard InChI is InChI=1S/C13H16N2O2S/c1-8(2)14-12(16)7-11-13(17)15-9-5-3-4-6-10(9)18-11/h3-6,8,11H,7H2,1-2H3,(H,14,16)(H,15,17)/t11-/m0/s1. The summed E-state index contributed by atoms with van der Waals surface area (Å²) in [5, 5.41) is 5.28. The zero-order valence-corrected chi connectivity index (χ0v) is 11.2. The minimum Gasteiger partial charge on any atom is -0.354 e. The maximum Gasteiger partial charge on any atom is 0.238 e. The van der Waals surface area contributed by atoms with Crippen LogP contribution >= 0.6 is 11.8 Å². The van der Waals surface area contributed by atoms with Gasteiger partial charge in [-0.05, 0) is 26.0 Å². The predicted molar refractivity (Wildman–Crippen MR) is 72.6 cm³/mol. The van der Waals surface area contributed by atoms with E-state index < -0.39 is 0 Å². The molecule has 1 aromatic rings. The molecule has 18 heavy (non-hydrogen) atoms. The molecule has 0 aliphatic carbocycles. The number of carbonyl (C=O) groups is 2. The number of carbonyl (C=O) groups excluding carboxylic acids is 2. The van der Waals surface area contributed by atoms with Crippen LogP contribution in [-0.2, 0) is 9.59 Å². The second-order valence-electron chi connectivity index (χ2n) is 4.52. The van der Waals surface area contributed by atoms with E-state index in [4.69, 9.17) is 0 Å². The molecule has 2 N–H and O–H groups in total. The molecule has 0 unspecified atom stereocenters. The molecular weight excluding hydrogens is 248 g/mol. The Morgan fingerprint density at radius 1 is 1.44 bits per heavy atom. The van der Waals surface area contributed by atoms with Gasteiger partial charge in [0.2, 0.25) is 11.8 Å². The summed E-state index contributed by atoms with van der Waals surface area (Å²) in [6.45, 7) is 3.81. The molecule has 2 rings (SSSR count). The van der Waals surface area contributed by atoms with E-state index >= 15 is 0 Å². The Morgan fingerprint density at radius 2 is 2.17 bits per heavy atom. The summed E-state index contributed by atoms with van der Waals surface area (Å²) in [7, 11) is 0. The van der Waals surface area contributed by atoms with Crippen LogP contribution in [0.5, 0.6) is 0 Å². The number of fused-ring (bicyclic) bond motifs is 1. The lowest BCUT2D eigenvalue weighted by Crippen LogP contribution is -2.37. The van der Waals surface area contributed by atoms with E-state index in [1.807, 2.05) is 38.1 Å². The molecule has 0 saturated carbocycles. The Balaban J connectivity index is 2.04. The Bertz CT molecular complexity index is 474. The summed E-state index contributed by atoms with van der Waals surface area (Å²) in [5.41, 5.74) is 0.827. The number of hydrogen-bond donors (Lipinski definition) is 2. The first kappa shape index (κ1) is 13.0. The molecule has 0 bridgehead atoms. The highest BCUT2D eigenvalue weighted by atomic mass is 32.2. The van der Waals surface area contributed by atoms with Crippen LogP contribution in [-0.4, -0.2) is 23.1 Å². The molecule has 1 atom stereocenters. The van der Waals surface area contributed by atoms with Gasteiger partial charge in [0, 0.05) is 17.4 Å². The van der Waals surface area contributed by atoms with E-state index in [1.165, 1.54) is 11.8 Å². The highest BCUT2D eigenvalue weighted by Crippen LogP contribution is 2.36. The molecule has 1 aliphatic heterocycles. The number of anilines is 1. The third-order valence-corrected chi connectivity index (χ3v) is 3.80. The highest BCUT2D eigenvalue weighted by molar-refractivity contribution is 8.01. The molecule has 1 aliphatic rings. The van der Waals surface area contributed by atoms with Crippen molar-refractivity contribution in [3.8, 4) is 0 Å². The largest absolute Gasteiger partial charge is 0.354 e. The fourth-order valence-corrected chi connectivity index (χ4v) is 2.89. The van der Waals surface area contributed by atoms with Gasteiger partial charge in [0.1, 0.15) is 0 Å². The van der Waals surface area contributed by atoms with Gasteiger partial charge in [0.15, 0.2) is 0 Å². The van der Waals surface area contributed by atoms with Gasteiger partial charge in [0.05, 0.1) is 10.9 Å². The van der Waals surface area contributed by atoms with E-state index in [2.05, 4.69) is 10.6 Å². The topological polar surface area (TPSA) is 58.2 Å². The monoisotopic (exact) mass is 264 g/mol. The van der Waals surface area contributed by atoms with Crippen molar-refractivity contribution in [1.82, 2.24) is 5.32 Å². The summed E-state index contributed by atoms with van der Waals surface area (Å²) in [4.78, 5) is 24.6. The van der Waals surface area contributed by atoms with Crippen LogP contribution < -0.4 is 10.6 Å². The van der Waals surface area contributed by atoms with Crippen LogP contribution in [0.25, 0.3) is 0 Å². The van der Waals surface area contributed by atoms with E-state index in [9.17, 15) is 9.59 Å². The van der Waals surface area contributed by atoms with Gasteiger partial charge in [-0.25, -0.2) is 0 Å². The van der Waals surface area contributed by atoms with E-state index in [0.717, 1.165) is 10.6 Å². The first-order chi connectivity index (χ1) is 8.56. The molecule has 4 nitrogen and oxygen atoms in total.